The molecule has 0 aliphatic carbocycles. The minimum absolute atomic E-state index is 0.0733. The van der Waals surface area contributed by atoms with Crippen molar-refractivity contribution in [1.29, 1.82) is 0 Å². The Morgan fingerprint density at radius 3 is 2.17 bits per heavy atom. The Bertz CT molecular complexity index is 906. The van der Waals surface area contributed by atoms with E-state index in [1.54, 1.807) is 23.3 Å². The first-order chi connectivity index (χ1) is 14.1. The standard InChI is InChI=1S/C24H26N2O3/c1-18(2)24(28)26(17-19-10-5-3-6-11-19)22(20-12-7-4-8-13-20)23(27)25-16-21-14-9-15-29-21/h3-15,18,22H,16-17H2,1-2H3,(H,25,27)/t22-/m0/s1. The molecule has 0 aliphatic heterocycles. The van der Waals surface area contributed by atoms with Gasteiger partial charge in [0.1, 0.15) is 11.8 Å². The van der Waals surface area contributed by atoms with Crippen molar-refractivity contribution < 1.29 is 14.0 Å². The van der Waals surface area contributed by atoms with Gasteiger partial charge in [-0.1, -0.05) is 74.5 Å². The lowest BCUT2D eigenvalue weighted by Gasteiger charge is -2.32. The zero-order valence-corrected chi connectivity index (χ0v) is 16.7. The molecule has 29 heavy (non-hydrogen) atoms. The van der Waals surface area contributed by atoms with E-state index in [-0.39, 0.29) is 24.3 Å². The molecular weight excluding hydrogens is 364 g/mol. The first kappa shape index (κ1) is 20.4. The molecule has 0 spiro atoms. The lowest BCUT2D eigenvalue weighted by molar-refractivity contribution is -0.144. The van der Waals surface area contributed by atoms with Crippen LogP contribution >= 0.6 is 0 Å². The minimum Gasteiger partial charge on any atom is -0.467 e. The predicted molar refractivity (Wildman–Crippen MR) is 112 cm³/mol. The number of carbonyl (C=O) groups is 2. The highest BCUT2D eigenvalue weighted by Gasteiger charge is 2.32. The smallest absolute Gasteiger partial charge is 0.247 e. The van der Waals surface area contributed by atoms with Crippen LogP contribution < -0.4 is 5.32 Å². The summed E-state index contributed by atoms with van der Waals surface area (Å²) < 4.78 is 5.32. The normalized spacial score (nSPS) is 11.8. The van der Waals surface area contributed by atoms with Gasteiger partial charge in [0, 0.05) is 12.5 Å². The highest BCUT2D eigenvalue weighted by molar-refractivity contribution is 5.89. The van der Waals surface area contributed by atoms with Crippen molar-refractivity contribution in [2.45, 2.75) is 33.0 Å². The lowest BCUT2D eigenvalue weighted by atomic mass is 10.0. The fourth-order valence-corrected chi connectivity index (χ4v) is 3.20. The summed E-state index contributed by atoms with van der Waals surface area (Å²) in [7, 11) is 0. The second kappa shape index (κ2) is 9.73. The van der Waals surface area contributed by atoms with E-state index in [2.05, 4.69) is 5.32 Å². The molecule has 0 radical (unpaired) electrons. The van der Waals surface area contributed by atoms with Gasteiger partial charge >= 0.3 is 0 Å². The van der Waals surface area contributed by atoms with Crippen molar-refractivity contribution in [3.8, 4) is 0 Å². The number of benzene rings is 2. The molecule has 1 aromatic heterocycles. The SMILES string of the molecule is CC(C)C(=O)N(Cc1ccccc1)[C@H](C(=O)NCc1ccco1)c1ccccc1. The zero-order valence-electron chi connectivity index (χ0n) is 16.7. The quantitative estimate of drug-likeness (QED) is 0.623. The molecule has 5 heteroatoms. The van der Waals surface area contributed by atoms with Crippen molar-refractivity contribution in [2.75, 3.05) is 0 Å². The van der Waals surface area contributed by atoms with Crippen LogP contribution in [0.3, 0.4) is 0 Å². The van der Waals surface area contributed by atoms with E-state index in [1.165, 1.54) is 0 Å². The van der Waals surface area contributed by atoms with Gasteiger partial charge in [-0.15, -0.1) is 0 Å². The maximum Gasteiger partial charge on any atom is 0.247 e. The molecule has 0 saturated heterocycles. The summed E-state index contributed by atoms with van der Waals surface area (Å²) in [5.41, 5.74) is 1.75. The Morgan fingerprint density at radius 2 is 1.59 bits per heavy atom. The van der Waals surface area contributed by atoms with Crippen molar-refractivity contribution in [2.24, 2.45) is 5.92 Å². The van der Waals surface area contributed by atoms with E-state index in [0.29, 0.717) is 12.3 Å². The predicted octanol–water partition coefficient (Wildman–Crippen LogP) is 4.32. The largest absolute Gasteiger partial charge is 0.467 e. The third kappa shape index (κ3) is 5.35. The van der Waals surface area contributed by atoms with Gasteiger partial charge in [-0.25, -0.2) is 0 Å². The molecule has 3 rings (SSSR count). The number of furan rings is 1. The Kier molecular flexibility index (Phi) is 6.85. The van der Waals surface area contributed by atoms with Crippen molar-refractivity contribution in [3.05, 3.63) is 95.9 Å². The molecule has 3 aromatic rings. The number of nitrogens with one attached hydrogen (secondary N) is 1. The Balaban J connectivity index is 1.93. The van der Waals surface area contributed by atoms with Crippen LogP contribution in [0.4, 0.5) is 0 Å². The fourth-order valence-electron chi connectivity index (χ4n) is 3.20. The van der Waals surface area contributed by atoms with Gasteiger partial charge < -0.3 is 14.6 Å². The monoisotopic (exact) mass is 390 g/mol. The van der Waals surface area contributed by atoms with Gasteiger partial charge in [-0.3, -0.25) is 9.59 Å². The topological polar surface area (TPSA) is 62.6 Å². The number of rotatable bonds is 8. The fraction of sp³-hybridized carbons (Fsp3) is 0.250. The molecule has 1 N–H and O–H groups in total. The minimum atomic E-state index is -0.735. The van der Waals surface area contributed by atoms with E-state index in [9.17, 15) is 9.59 Å². The van der Waals surface area contributed by atoms with E-state index in [1.807, 2.05) is 74.5 Å². The number of amides is 2. The highest BCUT2D eigenvalue weighted by atomic mass is 16.3. The summed E-state index contributed by atoms with van der Waals surface area (Å²) in [5, 5.41) is 2.92. The van der Waals surface area contributed by atoms with Gasteiger partial charge in [-0.05, 0) is 23.3 Å². The van der Waals surface area contributed by atoms with Crippen LogP contribution in [0, 0.1) is 5.92 Å². The van der Waals surface area contributed by atoms with Crippen LogP contribution in [0.25, 0.3) is 0 Å². The molecule has 2 aromatic carbocycles. The molecule has 0 bridgehead atoms. The van der Waals surface area contributed by atoms with Crippen molar-refractivity contribution in [3.63, 3.8) is 0 Å². The van der Waals surface area contributed by atoms with E-state index in [0.717, 1.165) is 11.1 Å². The summed E-state index contributed by atoms with van der Waals surface area (Å²) in [6, 6.07) is 22.0. The summed E-state index contributed by atoms with van der Waals surface area (Å²) in [4.78, 5) is 28.0. The van der Waals surface area contributed by atoms with Crippen LogP contribution in [0.15, 0.2) is 83.5 Å². The van der Waals surface area contributed by atoms with E-state index in [4.69, 9.17) is 4.42 Å². The zero-order chi connectivity index (χ0) is 20.6. The number of nitrogens with zero attached hydrogens (tertiary/aromatic N) is 1. The molecule has 1 atom stereocenters. The van der Waals surface area contributed by atoms with E-state index >= 15 is 0 Å². The molecule has 150 valence electrons. The lowest BCUT2D eigenvalue weighted by Crippen LogP contribution is -2.44. The maximum absolute atomic E-state index is 13.3. The van der Waals surface area contributed by atoms with Gasteiger partial charge in [0.2, 0.25) is 11.8 Å². The van der Waals surface area contributed by atoms with Gasteiger partial charge in [0.05, 0.1) is 12.8 Å². The second-order valence-corrected chi connectivity index (χ2v) is 7.22. The summed E-state index contributed by atoms with van der Waals surface area (Å²) >= 11 is 0. The highest BCUT2D eigenvalue weighted by Crippen LogP contribution is 2.25. The molecule has 5 nitrogen and oxygen atoms in total. The maximum atomic E-state index is 13.3. The molecule has 0 aliphatic rings. The summed E-state index contributed by atoms with van der Waals surface area (Å²) in [6.45, 7) is 4.32. The van der Waals surface area contributed by atoms with Crippen LogP contribution in [0.1, 0.15) is 36.8 Å². The van der Waals surface area contributed by atoms with Crippen LogP contribution in [0.2, 0.25) is 0 Å². The summed E-state index contributed by atoms with van der Waals surface area (Å²) in [6.07, 6.45) is 1.57. The van der Waals surface area contributed by atoms with Crippen molar-refractivity contribution in [1.82, 2.24) is 10.2 Å². The molecule has 0 fully saturated rings. The summed E-state index contributed by atoms with van der Waals surface area (Å²) in [5.74, 6) is 0.117. The second-order valence-electron chi connectivity index (χ2n) is 7.22. The first-order valence-electron chi connectivity index (χ1n) is 9.75. The van der Waals surface area contributed by atoms with Crippen LogP contribution in [-0.4, -0.2) is 16.7 Å². The molecule has 1 heterocycles. The van der Waals surface area contributed by atoms with Crippen LogP contribution in [-0.2, 0) is 22.7 Å². The van der Waals surface area contributed by atoms with Crippen molar-refractivity contribution >= 4 is 11.8 Å². The number of hydrogen-bond acceptors (Lipinski definition) is 3. The number of hydrogen-bond donors (Lipinski definition) is 1. The third-order valence-electron chi connectivity index (χ3n) is 4.67. The van der Waals surface area contributed by atoms with Gasteiger partial charge in [0.15, 0.2) is 0 Å². The number of carbonyl (C=O) groups excluding carboxylic acids is 2. The molecule has 0 saturated carbocycles. The van der Waals surface area contributed by atoms with Crippen LogP contribution in [0.5, 0.6) is 0 Å². The molecule has 0 unspecified atom stereocenters. The van der Waals surface area contributed by atoms with Gasteiger partial charge in [-0.2, -0.15) is 0 Å². The Labute approximate surface area is 171 Å². The van der Waals surface area contributed by atoms with Gasteiger partial charge in [0.25, 0.3) is 0 Å². The Morgan fingerprint density at radius 1 is 0.931 bits per heavy atom. The first-order valence-corrected chi connectivity index (χ1v) is 9.75. The Hall–Kier alpha value is -3.34. The average molecular weight is 390 g/mol. The average Bonchev–Trinajstić information content (AvgIpc) is 3.26. The molecule has 2 amide bonds. The third-order valence-corrected chi connectivity index (χ3v) is 4.67. The van der Waals surface area contributed by atoms with E-state index < -0.39 is 6.04 Å². The molecular formula is C24H26N2O3.